The summed E-state index contributed by atoms with van der Waals surface area (Å²) < 4.78 is 0. The lowest BCUT2D eigenvalue weighted by Crippen LogP contribution is -2.41. The fourth-order valence-corrected chi connectivity index (χ4v) is 3.02. The standard InChI is InChI=1S/C18H25NO3/c1-10(2)12-6-5-7-13(11(3)4)16(12)19-17(20)14-8-9-15(14)18(21)22/h5-7,10-11,14-15H,8-9H2,1-4H3,(H,19,20)(H,21,22). The highest BCUT2D eigenvalue weighted by Crippen LogP contribution is 2.37. The molecule has 0 radical (unpaired) electrons. The minimum atomic E-state index is -0.868. The smallest absolute Gasteiger partial charge is 0.307 e. The highest BCUT2D eigenvalue weighted by atomic mass is 16.4. The van der Waals surface area contributed by atoms with E-state index in [2.05, 4.69) is 33.0 Å². The van der Waals surface area contributed by atoms with Crippen molar-refractivity contribution in [2.75, 3.05) is 5.32 Å². The minimum absolute atomic E-state index is 0.159. The van der Waals surface area contributed by atoms with Crippen LogP contribution in [0.25, 0.3) is 0 Å². The average Bonchev–Trinajstić information content (AvgIpc) is 2.35. The van der Waals surface area contributed by atoms with E-state index < -0.39 is 17.8 Å². The van der Waals surface area contributed by atoms with Crippen molar-refractivity contribution in [1.82, 2.24) is 0 Å². The Bertz CT molecular complexity index is 551. The Hall–Kier alpha value is -1.84. The number of carboxylic acids is 1. The summed E-state index contributed by atoms with van der Waals surface area (Å²) in [5, 5.41) is 12.2. The fourth-order valence-electron chi connectivity index (χ4n) is 3.02. The van der Waals surface area contributed by atoms with Crippen LogP contribution in [0, 0.1) is 11.8 Å². The zero-order valence-corrected chi connectivity index (χ0v) is 13.7. The van der Waals surface area contributed by atoms with Gasteiger partial charge in [-0.25, -0.2) is 0 Å². The first kappa shape index (κ1) is 16.5. The van der Waals surface area contributed by atoms with Crippen molar-refractivity contribution < 1.29 is 14.7 Å². The van der Waals surface area contributed by atoms with Crippen molar-refractivity contribution in [2.45, 2.75) is 52.4 Å². The predicted molar refractivity (Wildman–Crippen MR) is 87.1 cm³/mol. The molecule has 2 rings (SSSR count). The van der Waals surface area contributed by atoms with Gasteiger partial charge in [-0.15, -0.1) is 0 Å². The van der Waals surface area contributed by atoms with Gasteiger partial charge < -0.3 is 10.4 Å². The summed E-state index contributed by atoms with van der Waals surface area (Å²) in [7, 11) is 0. The van der Waals surface area contributed by atoms with E-state index >= 15 is 0 Å². The van der Waals surface area contributed by atoms with Gasteiger partial charge in [-0.2, -0.15) is 0 Å². The zero-order valence-electron chi connectivity index (χ0n) is 13.7. The summed E-state index contributed by atoms with van der Waals surface area (Å²) in [6, 6.07) is 6.08. The summed E-state index contributed by atoms with van der Waals surface area (Å²) in [6.45, 7) is 8.38. The maximum absolute atomic E-state index is 12.5. The number of benzene rings is 1. The molecule has 0 aromatic heterocycles. The fraction of sp³-hybridized carbons (Fsp3) is 0.556. The molecule has 0 bridgehead atoms. The number of aliphatic carboxylic acids is 1. The maximum atomic E-state index is 12.5. The SMILES string of the molecule is CC(C)c1cccc(C(C)C)c1NC(=O)C1CCC1C(=O)O. The van der Waals surface area contributed by atoms with Gasteiger partial charge in [0.05, 0.1) is 11.8 Å². The van der Waals surface area contributed by atoms with Gasteiger partial charge in [-0.1, -0.05) is 45.9 Å². The maximum Gasteiger partial charge on any atom is 0.307 e. The van der Waals surface area contributed by atoms with Crippen molar-refractivity contribution in [1.29, 1.82) is 0 Å². The first-order valence-corrected chi connectivity index (χ1v) is 7.99. The van der Waals surface area contributed by atoms with Gasteiger partial charge >= 0.3 is 5.97 Å². The summed E-state index contributed by atoms with van der Waals surface area (Å²) in [4.78, 5) is 23.6. The van der Waals surface area contributed by atoms with Gasteiger partial charge in [-0.05, 0) is 35.8 Å². The van der Waals surface area contributed by atoms with E-state index in [-0.39, 0.29) is 5.91 Å². The summed E-state index contributed by atoms with van der Waals surface area (Å²) in [5.74, 6) is -1.37. The first-order valence-electron chi connectivity index (χ1n) is 7.99. The Morgan fingerprint density at radius 2 is 1.55 bits per heavy atom. The van der Waals surface area contributed by atoms with Crippen LogP contribution in [0.2, 0.25) is 0 Å². The van der Waals surface area contributed by atoms with Crippen molar-refractivity contribution in [3.05, 3.63) is 29.3 Å². The minimum Gasteiger partial charge on any atom is -0.481 e. The van der Waals surface area contributed by atoms with E-state index in [0.29, 0.717) is 24.7 Å². The highest BCUT2D eigenvalue weighted by molar-refractivity contribution is 5.97. The number of amides is 1. The number of nitrogens with one attached hydrogen (secondary N) is 1. The molecule has 0 spiro atoms. The molecule has 1 fully saturated rings. The van der Waals surface area contributed by atoms with Gasteiger partial charge in [0, 0.05) is 5.69 Å². The van der Waals surface area contributed by atoms with Crippen LogP contribution in [0.5, 0.6) is 0 Å². The number of hydrogen-bond acceptors (Lipinski definition) is 2. The van der Waals surface area contributed by atoms with E-state index in [1.807, 2.05) is 18.2 Å². The van der Waals surface area contributed by atoms with Crippen LogP contribution in [0.1, 0.15) is 63.5 Å². The molecule has 120 valence electrons. The lowest BCUT2D eigenvalue weighted by atomic mass is 9.73. The second-order valence-electron chi connectivity index (χ2n) is 6.74. The zero-order chi connectivity index (χ0) is 16.4. The normalized spacial score (nSPS) is 20.8. The van der Waals surface area contributed by atoms with Crippen LogP contribution in [-0.2, 0) is 9.59 Å². The number of rotatable bonds is 5. The summed E-state index contributed by atoms with van der Waals surface area (Å²) in [5.41, 5.74) is 3.07. The molecule has 2 unspecified atom stereocenters. The largest absolute Gasteiger partial charge is 0.481 e. The number of carbonyl (C=O) groups excluding carboxylic acids is 1. The van der Waals surface area contributed by atoms with Crippen LogP contribution < -0.4 is 5.32 Å². The van der Waals surface area contributed by atoms with E-state index in [1.165, 1.54) is 0 Å². The third kappa shape index (κ3) is 3.16. The molecule has 4 heteroatoms. The van der Waals surface area contributed by atoms with Gasteiger partial charge in [-0.3, -0.25) is 9.59 Å². The molecule has 1 aromatic rings. The van der Waals surface area contributed by atoms with Crippen molar-refractivity contribution in [3.8, 4) is 0 Å². The third-order valence-electron chi connectivity index (χ3n) is 4.55. The Labute approximate surface area is 131 Å². The van der Waals surface area contributed by atoms with Gasteiger partial charge in [0.25, 0.3) is 0 Å². The van der Waals surface area contributed by atoms with Gasteiger partial charge in [0.2, 0.25) is 5.91 Å². The van der Waals surface area contributed by atoms with E-state index in [4.69, 9.17) is 5.11 Å². The third-order valence-corrected chi connectivity index (χ3v) is 4.55. The van der Waals surface area contributed by atoms with Crippen LogP contribution >= 0.6 is 0 Å². The molecule has 2 atom stereocenters. The molecule has 1 saturated carbocycles. The predicted octanol–water partition coefficient (Wildman–Crippen LogP) is 3.98. The number of carboxylic acid groups (broad SMARTS) is 1. The number of carbonyl (C=O) groups is 2. The molecule has 4 nitrogen and oxygen atoms in total. The summed E-state index contributed by atoms with van der Waals surface area (Å²) >= 11 is 0. The quantitative estimate of drug-likeness (QED) is 0.864. The number of hydrogen-bond donors (Lipinski definition) is 2. The average molecular weight is 303 g/mol. The van der Waals surface area contributed by atoms with Crippen molar-refractivity contribution >= 4 is 17.6 Å². The highest BCUT2D eigenvalue weighted by Gasteiger charge is 2.41. The first-order chi connectivity index (χ1) is 10.3. The molecule has 0 aliphatic heterocycles. The van der Waals surface area contributed by atoms with Crippen LogP contribution in [0.4, 0.5) is 5.69 Å². The molecule has 22 heavy (non-hydrogen) atoms. The van der Waals surface area contributed by atoms with Crippen LogP contribution in [0.3, 0.4) is 0 Å². The monoisotopic (exact) mass is 303 g/mol. The van der Waals surface area contributed by atoms with E-state index in [9.17, 15) is 9.59 Å². The Morgan fingerprint density at radius 3 is 1.91 bits per heavy atom. The molecule has 0 heterocycles. The van der Waals surface area contributed by atoms with E-state index in [0.717, 1.165) is 16.8 Å². The van der Waals surface area contributed by atoms with E-state index in [1.54, 1.807) is 0 Å². The number of anilines is 1. The Kier molecular flexibility index (Phi) is 4.89. The number of para-hydroxylation sites is 1. The second-order valence-corrected chi connectivity index (χ2v) is 6.74. The molecule has 1 amide bonds. The molecule has 0 saturated heterocycles. The van der Waals surface area contributed by atoms with Gasteiger partial charge in [0.15, 0.2) is 0 Å². The molecule has 1 aromatic carbocycles. The Balaban J connectivity index is 2.28. The lowest BCUT2D eigenvalue weighted by Gasteiger charge is -2.32. The van der Waals surface area contributed by atoms with Crippen molar-refractivity contribution in [3.63, 3.8) is 0 Å². The molecular formula is C18H25NO3. The van der Waals surface area contributed by atoms with Crippen LogP contribution in [0.15, 0.2) is 18.2 Å². The Morgan fingerprint density at radius 1 is 1.05 bits per heavy atom. The van der Waals surface area contributed by atoms with Gasteiger partial charge in [0.1, 0.15) is 0 Å². The molecular weight excluding hydrogens is 278 g/mol. The molecule has 1 aliphatic carbocycles. The van der Waals surface area contributed by atoms with Crippen LogP contribution in [-0.4, -0.2) is 17.0 Å². The lowest BCUT2D eigenvalue weighted by molar-refractivity contribution is -0.151. The van der Waals surface area contributed by atoms with Crippen molar-refractivity contribution in [2.24, 2.45) is 11.8 Å². The topological polar surface area (TPSA) is 66.4 Å². The second kappa shape index (κ2) is 6.51. The molecule has 2 N–H and O–H groups in total. The molecule has 1 aliphatic rings. The summed E-state index contributed by atoms with van der Waals surface area (Å²) in [6.07, 6.45) is 1.25.